The van der Waals surface area contributed by atoms with Gasteiger partial charge in [0.2, 0.25) is 0 Å². The van der Waals surface area contributed by atoms with Crippen molar-refractivity contribution in [2.75, 3.05) is 0 Å². The summed E-state index contributed by atoms with van der Waals surface area (Å²) in [5, 5.41) is 10.4. The van der Waals surface area contributed by atoms with Crippen molar-refractivity contribution >= 4 is 16.9 Å². The molecule has 1 aromatic carbocycles. The highest BCUT2D eigenvalue weighted by Crippen LogP contribution is 2.34. The van der Waals surface area contributed by atoms with E-state index in [0.717, 1.165) is 40.6 Å². The third-order valence-electron chi connectivity index (χ3n) is 4.64. The van der Waals surface area contributed by atoms with E-state index >= 15 is 0 Å². The Balaban J connectivity index is 2.24. The highest BCUT2D eigenvalue weighted by atomic mass is 16.4. The van der Waals surface area contributed by atoms with Crippen LogP contribution in [-0.2, 0) is 0 Å². The molecule has 0 atom stereocenters. The smallest absolute Gasteiger partial charge is 0.336 e. The lowest BCUT2D eigenvalue weighted by molar-refractivity contribution is 0.0698. The summed E-state index contributed by atoms with van der Waals surface area (Å²) in [5.74, 6) is -0.436. The van der Waals surface area contributed by atoms with Gasteiger partial charge < -0.3 is 5.11 Å². The van der Waals surface area contributed by atoms with E-state index in [1.165, 1.54) is 19.3 Å². The van der Waals surface area contributed by atoms with Crippen molar-refractivity contribution in [3.63, 3.8) is 0 Å². The number of carboxylic acids is 1. The number of carbonyl (C=O) groups is 1. The van der Waals surface area contributed by atoms with Crippen molar-refractivity contribution in [1.82, 2.24) is 4.98 Å². The number of aromatic nitrogens is 1. The highest BCUT2D eigenvalue weighted by Gasteiger charge is 2.21. The summed E-state index contributed by atoms with van der Waals surface area (Å²) in [7, 11) is 0. The van der Waals surface area contributed by atoms with Crippen molar-refractivity contribution in [2.24, 2.45) is 0 Å². The molecular formula is C18H21NO2. The fourth-order valence-corrected chi connectivity index (χ4v) is 3.44. The number of fused-ring (bicyclic) bond motifs is 1. The molecule has 1 N–H and O–H groups in total. The molecule has 1 saturated carbocycles. The minimum atomic E-state index is -0.854. The third-order valence-corrected chi connectivity index (χ3v) is 4.64. The quantitative estimate of drug-likeness (QED) is 0.876. The Morgan fingerprint density at radius 3 is 2.48 bits per heavy atom. The Labute approximate surface area is 125 Å². The van der Waals surface area contributed by atoms with E-state index in [1.807, 2.05) is 32.0 Å². The van der Waals surface area contributed by atoms with Gasteiger partial charge in [-0.2, -0.15) is 0 Å². The molecule has 0 saturated heterocycles. The molecule has 1 aliphatic carbocycles. The Hall–Kier alpha value is -1.90. The van der Waals surface area contributed by atoms with Gasteiger partial charge in [-0.3, -0.25) is 4.98 Å². The minimum Gasteiger partial charge on any atom is -0.478 e. The van der Waals surface area contributed by atoms with Gasteiger partial charge in [-0.15, -0.1) is 0 Å². The molecule has 1 aromatic heterocycles. The third kappa shape index (κ3) is 2.53. The molecule has 0 unspecified atom stereocenters. The van der Waals surface area contributed by atoms with Crippen LogP contribution in [0.3, 0.4) is 0 Å². The maximum atomic E-state index is 11.7. The van der Waals surface area contributed by atoms with Gasteiger partial charge in [-0.1, -0.05) is 31.4 Å². The van der Waals surface area contributed by atoms with Crippen LogP contribution < -0.4 is 0 Å². The molecule has 1 aliphatic rings. The second-order valence-corrected chi connectivity index (χ2v) is 6.16. The predicted molar refractivity (Wildman–Crippen MR) is 84.0 cm³/mol. The van der Waals surface area contributed by atoms with Crippen LogP contribution in [-0.4, -0.2) is 16.1 Å². The lowest BCUT2D eigenvalue weighted by Crippen LogP contribution is -2.10. The second kappa shape index (κ2) is 5.47. The largest absolute Gasteiger partial charge is 0.478 e. The number of benzene rings is 1. The van der Waals surface area contributed by atoms with E-state index in [0.29, 0.717) is 11.5 Å². The standard InChI is InChI=1S/C18H21NO2/c1-11-8-9-12(2)17-16(11)14(18(20)21)10-15(19-17)13-6-4-3-5-7-13/h8-10,13H,3-7H2,1-2H3,(H,20,21). The molecule has 110 valence electrons. The van der Waals surface area contributed by atoms with Gasteiger partial charge in [0.05, 0.1) is 11.1 Å². The first-order valence-electron chi connectivity index (χ1n) is 7.72. The van der Waals surface area contributed by atoms with E-state index < -0.39 is 5.97 Å². The summed E-state index contributed by atoms with van der Waals surface area (Å²) in [6.45, 7) is 3.96. The van der Waals surface area contributed by atoms with Crippen molar-refractivity contribution < 1.29 is 9.90 Å². The van der Waals surface area contributed by atoms with Gasteiger partial charge in [-0.25, -0.2) is 4.79 Å². The molecule has 0 amide bonds. The first-order chi connectivity index (χ1) is 10.1. The Bertz CT molecular complexity index is 700. The van der Waals surface area contributed by atoms with Crippen molar-refractivity contribution in [1.29, 1.82) is 0 Å². The summed E-state index contributed by atoms with van der Waals surface area (Å²) < 4.78 is 0. The first kappa shape index (κ1) is 14.1. The number of hydrogen-bond donors (Lipinski definition) is 1. The fourth-order valence-electron chi connectivity index (χ4n) is 3.44. The topological polar surface area (TPSA) is 50.2 Å². The number of rotatable bonds is 2. The molecule has 3 rings (SSSR count). The normalized spacial score (nSPS) is 16.3. The van der Waals surface area contributed by atoms with Gasteiger partial charge in [0, 0.05) is 17.0 Å². The average molecular weight is 283 g/mol. The molecule has 2 aromatic rings. The zero-order valence-corrected chi connectivity index (χ0v) is 12.6. The van der Waals surface area contributed by atoms with E-state index in [-0.39, 0.29) is 0 Å². The van der Waals surface area contributed by atoms with Crippen LogP contribution in [0, 0.1) is 13.8 Å². The van der Waals surface area contributed by atoms with Gasteiger partial charge in [0.25, 0.3) is 0 Å². The number of pyridine rings is 1. The molecule has 0 bridgehead atoms. The predicted octanol–water partition coefficient (Wildman–Crippen LogP) is 4.60. The SMILES string of the molecule is Cc1ccc(C)c2c(C(=O)O)cc(C3CCCCC3)nc12. The maximum absolute atomic E-state index is 11.7. The molecular weight excluding hydrogens is 262 g/mol. The van der Waals surface area contributed by atoms with E-state index in [4.69, 9.17) is 4.98 Å². The lowest BCUT2D eigenvalue weighted by Gasteiger charge is -2.22. The molecule has 3 nitrogen and oxygen atoms in total. The van der Waals surface area contributed by atoms with Crippen LogP contribution in [0.2, 0.25) is 0 Å². The summed E-state index contributed by atoms with van der Waals surface area (Å²) >= 11 is 0. The minimum absolute atomic E-state index is 0.404. The number of aryl methyl sites for hydroxylation is 2. The van der Waals surface area contributed by atoms with Gasteiger partial charge in [0.15, 0.2) is 0 Å². The lowest BCUT2D eigenvalue weighted by atomic mass is 9.85. The second-order valence-electron chi connectivity index (χ2n) is 6.16. The molecule has 1 fully saturated rings. The number of nitrogens with zero attached hydrogens (tertiary/aromatic N) is 1. The Morgan fingerprint density at radius 2 is 1.81 bits per heavy atom. The van der Waals surface area contributed by atoms with Gasteiger partial charge in [-0.05, 0) is 43.9 Å². The summed E-state index contributed by atoms with van der Waals surface area (Å²) in [6.07, 6.45) is 5.98. The van der Waals surface area contributed by atoms with Crippen LogP contribution in [0.15, 0.2) is 18.2 Å². The van der Waals surface area contributed by atoms with Crippen LogP contribution in [0.25, 0.3) is 10.9 Å². The zero-order chi connectivity index (χ0) is 15.0. The number of aromatic carboxylic acids is 1. The maximum Gasteiger partial charge on any atom is 0.336 e. The van der Waals surface area contributed by atoms with Crippen LogP contribution in [0.5, 0.6) is 0 Å². The number of carboxylic acid groups (broad SMARTS) is 1. The Kier molecular flexibility index (Phi) is 3.66. The molecule has 0 aliphatic heterocycles. The average Bonchev–Trinajstić information content (AvgIpc) is 2.51. The van der Waals surface area contributed by atoms with Crippen LogP contribution >= 0.6 is 0 Å². The zero-order valence-electron chi connectivity index (χ0n) is 12.6. The first-order valence-corrected chi connectivity index (χ1v) is 7.72. The van der Waals surface area contributed by atoms with Gasteiger partial charge >= 0.3 is 5.97 Å². The highest BCUT2D eigenvalue weighted by molar-refractivity contribution is 6.04. The van der Waals surface area contributed by atoms with Gasteiger partial charge in [0.1, 0.15) is 0 Å². The van der Waals surface area contributed by atoms with Crippen LogP contribution in [0.1, 0.15) is 65.2 Å². The van der Waals surface area contributed by atoms with E-state index in [1.54, 1.807) is 0 Å². The molecule has 0 radical (unpaired) electrons. The summed E-state index contributed by atoms with van der Waals surface area (Å²) in [6, 6.07) is 5.82. The summed E-state index contributed by atoms with van der Waals surface area (Å²) in [4.78, 5) is 16.5. The molecule has 3 heteroatoms. The molecule has 1 heterocycles. The van der Waals surface area contributed by atoms with Crippen LogP contribution in [0.4, 0.5) is 0 Å². The molecule has 21 heavy (non-hydrogen) atoms. The van der Waals surface area contributed by atoms with Crippen molar-refractivity contribution in [3.8, 4) is 0 Å². The fraction of sp³-hybridized carbons (Fsp3) is 0.444. The van der Waals surface area contributed by atoms with E-state index in [2.05, 4.69) is 0 Å². The summed E-state index contributed by atoms with van der Waals surface area (Å²) in [5.41, 5.74) is 4.26. The van der Waals surface area contributed by atoms with Crippen molar-refractivity contribution in [2.45, 2.75) is 51.9 Å². The monoisotopic (exact) mass is 283 g/mol. The Morgan fingerprint density at radius 1 is 1.14 bits per heavy atom. The van der Waals surface area contributed by atoms with E-state index in [9.17, 15) is 9.90 Å². The number of hydrogen-bond acceptors (Lipinski definition) is 2. The van der Waals surface area contributed by atoms with Crippen molar-refractivity contribution in [3.05, 3.63) is 40.6 Å². The molecule has 0 spiro atoms.